The van der Waals surface area contributed by atoms with Crippen LogP contribution in [-0.4, -0.2) is 35.1 Å². The number of aliphatic carboxylic acids is 1. The van der Waals surface area contributed by atoms with Crippen molar-refractivity contribution in [1.82, 2.24) is 4.90 Å². The highest BCUT2D eigenvalue weighted by Gasteiger charge is 2.33. The molecule has 1 aliphatic heterocycles. The van der Waals surface area contributed by atoms with E-state index in [9.17, 15) is 9.90 Å². The largest absolute Gasteiger partial charge is 0.480 e. The van der Waals surface area contributed by atoms with Gasteiger partial charge in [-0.1, -0.05) is 52.4 Å². The van der Waals surface area contributed by atoms with Crippen LogP contribution in [-0.2, 0) is 4.79 Å². The quantitative estimate of drug-likeness (QED) is 0.645. The molecule has 1 saturated heterocycles. The third-order valence-electron chi connectivity index (χ3n) is 4.34. The van der Waals surface area contributed by atoms with Crippen LogP contribution in [0.3, 0.4) is 0 Å². The minimum atomic E-state index is -0.629. The summed E-state index contributed by atoms with van der Waals surface area (Å²) < 4.78 is 0. The second-order valence-corrected chi connectivity index (χ2v) is 6.06. The first kappa shape index (κ1) is 16.5. The number of nitrogens with zero attached hydrogens (tertiary/aromatic N) is 1. The second kappa shape index (κ2) is 9.35. The number of piperidine rings is 1. The smallest absolute Gasteiger partial charge is 0.321 e. The average molecular weight is 269 g/mol. The summed E-state index contributed by atoms with van der Waals surface area (Å²) in [4.78, 5) is 13.5. The summed E-state index contributed by atoms with van der Waals surface area (Å²) in [6, 6.07) is -0.242. The maximum absolute atomic E-state index is 11.3. The van der Waals surface area contributed by atoms with E-state index in [4.69, 9.17) is 0 Å². The lowest BCUT2D eigenvalue weighted by molar-refractivity contribution is -0.146. The fourth-order valence-electron chi connectivity index (χ4n) is 3.20. The number of carboxylic acids is 1. The van der Waals surface area contributed by atoms with E-state index in [0.29, 0.717) is 5.92 Å². The summed E-state index contributed by atoms with van der Waals surface area (Å²) in [7, 11) is 0. The Labute approximate surface area is 118 Å². The van der Waals surface area contributed by atoms with Crippen molar-refractivity contribution < 1.29 is 9.90 Å². The lowest BCUT2D eigenvalue weighted by Gasteiger charge is -2.37. The Bertz CT molecular complexity index is 255. The zero-order chi connectivity index (χ0) is 14.1. The van der Waals surface area contributed by atoms with E-state index in [1.54, 1.807) is 0 Å². The van der Waals surface area contributed by atoms with Crippen LogP contribution in [0.5, 0.6) is 0 Å². The summed E-state index contributed by atoms with van der Waals surface area (Å²) in [6.07, 6.45) is 11.3. The standard InChI is InChI=1S/C16H31NO2/c1-3-4-5-6-7-8-9-12-17-13-10-11-14(2)15(17)16(18)19/h14-15H,3-13H2,1-2H3,(H,18,19). The van der Waals surface area contributed by atoms with E-state index >= 15 is 0 Å². The van der Waals surface area contributed by atoms with Crippen LogP contribution in [0.15, 0.2) is 0 Å². The highest BCUT2D eigenvalue weighted by molar-refractivity contribution is 5.74. The normalized spacial score (nSPS) is 24.5. The molecule has 2 unspecified atom stereocenters. The minimum Gasteiger partial charge on any atom is -0.480 e. The zero-order valence-corrected chi connectivity index (χ0v) is 12.7. The van der Waals surface area contributed by atoms with Gasteiger partial charge in [0.05, 0.1) is 0 Å². The van der Waals surface area contributed by atoms with Crippen LogP contribution >= 0.6 is 0 Å². The van der Waals surface area contributed by atoms with Crippen molar-refractivity contribution >= 4 is 5.97 Å². The molecular formula is C16H31NO2. The highest BCUT2D eigenvalue weighted by atomic mass is 16.4. The number of rotatable bonds is 9. The van der Waals surface area contributed by atoms with Crippen LogP contribution in [0.1, 0.15) is 71.6 Å². The minimum absolute atomic E-state index is 0.242. The van der Waals surface area contributed by atoms with Crippen molar-refractivity contribution in [3.05, 3.63) is 0 Å². The van der Waals surface area contributed by atoms with Gasteiger partial charge in [0.2, 0.25) is 0 Å². The number of carbonyl (C=O) groups is 1. The molecule has 1 fully saturated rings. The molecule has 1 heterocycles. The number of hydrogen-bond donors (Lipinski definition) is 1. The molecule has 1 N–H and O–H groups in total. The van der Waals surface area contributed by atoms with Gasteiger partial charge >= 0.3 is 5.97 Å². The first-order valence-electron chi connectivity index (χ1n) is 8.13. The van der Waals surface area contributed by atoms with Gasteiger partial charge in [-0.2, -0.15) is 0 Å². The first-order chi connectivity index (χ1) is 9.16. The Hall–Kier alpha value is -0.570. The van der Waals surface area contributed by atoms with Gasteiger partial charge < -0.3 is 5.11 Å². The molecule has 3 nitrogen and oxygen atoms in total. The number of likely N-dealkylation sites (tertiary alicyclic amines) is 1. The summed E-state index contributed by atoms with van der Waals surface area (Å²) >= 11 is 0. The van der Waals surface area contributed by atoms with E-state index in [0.717, 1.165) is 32.4 Å². The summed E-state index contributed by atoms with van der Waals surface area (Å²) in [5.74, 6) is -0.328. The van der Waals surface area contributed by atoms with Gasteiger partial charge in [-0.05, 0) is 38.3 Å². The fourth-order valence-corrected chi connectivity index (χ4v) is 3.20. The molecule has 3 heteroatoms. The molecule has 0 bridgehead atoms. The first-order valence-corrected chi connectivity index (χ1v) is 8.13. The van der Waals surface area contributed by atoms with Crippen LogP contribution < -0.4 is 0 Å². The number of unbranched alkanes of at least 4 members (excludes halogenated alkanes) is 6. The maximum Gasteiger partial charge on any atom is 0.321 e. The van der Waals surface area contributed by atoms with Gasteiger partial charge in [0.15, 0.2) is 0 Å². The van der Waals surface area contributed by atoms with Crippen molar-refractivity contribution in [2.24, 2.45) is 5.92 Å². The molecule has 0 radical (unpaired) electrons. The Morgan fingerprint density at radius 1 is 1.16 bits per heavy atom. The van der Waals surface area contributed by atoms with E-state index in [-0.39, 0.29) is 6.04 Å². The van der Waals surface area contributed by atoms with Crippen LogP contribution in [0, 0.1) is 5.92 Å². The molecule has 2 atom stereocenters. The molecule has 0 spiro atoms. The third kappa shape index (κ3) is 5.94. The molecular weight excluding hydrogens is 238 g/mol. The SMILES string of the molecule is CCCCCCCCCN1CCCC(C)C1C(=O)O. The molecule has 0 saturated carbocycles. The Morgan fingerprint density at radius 2 is 1.79 bits per heavy atom. The fraction of sp³-hybridized carbons (Fsp3) is 0.938. The predicted molar refractivity (Wildman–Crippen MR) is 79.4 cm³/mol. The van der Waals surface area contributed by atoms with Crippen LogP contribution in [0.25, 0.3) is 0 Å². The molecule has 112 valence electrons. The predicted octanol–water partition coefficient (Wildman–Crippen LogP) is 3.92. The Kier molecular flexibility index (Phi) is 8.11. The van der Waals surface area contributed by atoms with Crippen LogP contribution in [0.4, 0.5) is 0 Å². The van der Waals surface area contributed by atoms with Crippen molar-refractivity contribution in [3.8, 4) is 0 Å². The van der Waals surface area contributed by atoms with Gasteiger partial charge in [0.1, 0.15) is 6.04 Å². The molecule has 0 aliphatic carbocycles. The molecule has 0 aromatic heterocycles. The third-order valence-corrected chi connectivity index (χ3v) is 4.34. The number of carboxylic acid groups (broad SMARTS) is 1. The lowest BCUT2D eigenvalue weighted by Crippen LogP contribution is -2.49. The summed E-state index contributed by atoms with van der Waals surface area (Å²) in [6.45, 7) is 6.26. The lowest BCUT2D eigenvalue weighted by atomic mass is 9.90. The average Bonchev–Trinajstić information content (AvgIpc) is 2.37. The molecule has 19 heavy (non-hydrogen) atoms. The second-order valence-electron chi connectivity index (χ2n) is 6.06. The van der Waals surface area contributed by atoms with Gasteiger partial charge in [-0.15, -0.1) is 0 Å². The van der Waals surface area contributed by atoms with E-state index in [1.807, 2.05) is 0 Å². The van der Waals surface area contributed by atoms with Gasteiger partial charge in [-0.25, -0.2) is 0 Å². The molecule has 1 aliphatic rings. The van der Waals surface area contributed by atoms with Gasteiger partial charge in [0.25, 0.3) is 0 Å². The van der Waals surface area contributed by atoms with Crippen molar-refractivity contribution in [1.29, 1.82) is 0 Å². The monoisotopic (exact) mass is 269 g/mol. The van der Waals surface area contributed by atoms with Gasteiger partial charge in [-0.3, -0.25) is 9.69 Å². The molecule has 1 rings (SSSR count). The van der Waals surface area contributed by atoms with E-state index in [1.165, 1.54) is 38.5 Å². The Balaban J connectivity index is 2.17. The molecule has 0 aromatic rings. The van der Waals surface area contributed by atoms with Crippen molar-refractivity contribution in [3.63, 3.8) is 0 Å². The Morgan fingerprint density at radius 3 is 2.42 bits per heavy atom. The zero-order valence-electron chi connectivity index (χ0n) is 12.7. The number of hydrogen-bond acceptors (Lipinski definition) is 2. The van der Waals surface area contributed by atoms with E-state index in [2.05, 4.69) is 18.7 Å². The summed E-state index contributed by atoms with van der Waals surface area (Å²) in [5, 5.41) is 9.34. The van der Waals surface area contributed by atoms with Crippen molar-refractivity contribution in [2.45, 2.75) is 77.7 Å². The summed E-state index contributed by atoms with van der Waals surface area (Å²) in [5.41, 5.74) is 0. The van der Waals surface area contributed by atoms with Crippen molar-refractivity contribution in [2.75, 3.05) is 13.1 Å². The molecule has 0 aromatic carbocycles. The topological polar surface area (TPSA) is 40.5 Å². The van der Waals surface area contributed by atoms with E-state index < -0.39 is 5.97 Å². The van der Waals surface area contributed by atoms with Gasteiger partial charge in [0, 0.05) is 0 Å². The molecule has 0 amide bonds. The highest BCUT2D eigenvalue weighted by Crippen LogP contribution is 2.24. The van der Waals surface area contributed by atoms with Crippen LogP contribution in [0.2, 0.25) is 0 Å². The maximum atomic E-state index is 11.3.